The molecular weight excluding hydrogens is 200 g/mol. The second kappa shape index (κ2) is 7.25. The first-order valence-electron chi connectivity index (χ1n) is 5.93. The topological polar surface area (TPSA) is 61.3 Å². The monoisotopic (exact) mass is 222 g/mol. The Morgan fingerprint density at radius 1 is 1.19 bits per heavy atom. The Hall–Kier alpha value is -1.06. The maximum atomic E-state index is 5.90. The standard InChI is InChI=1S/C13H22N2O/c1-2-16-13-7-4-11(5-8-13)3-6-12(15)9-10-14/h4-5,7-8,12H,2-3,6,9-10,14-15H2,1H3/t12-/m0/s1. The van der Waals surface area contributed by atoms with Gasteiger partial charge in [-0.1, -0.05) is 12.1 Å². The minimum absolute atomic E-state index is 0.219. The predicted octanol–water partition coefficient (Wildman–Crippen LogP) is 1.69. The molecule has 0 heterocycles. The molecule has 4 N–H and O–H groups in total. The molecule has 0 spiro atoms. The van der Waals surface area contributed by atoms with Crippen molar-refractivity contribution in [3.8, 4) is 5.75 Å². The number of hydrogen-bond donors (Lipinski definition) is 2. The summed E-state index contributed by atoms with van der Waals surface area (Å²) in [6.07, 6.45) is 2.90. The molecule has 0 unspecified atom stereocenters. The van der Waals surface area contributed by atoms with Crippen LogP contribution in [0.25, 0.3) is 0 Å². The molecule has 1 atom stereocenters. The molecule has 0 aromatic heterocycles. The van der Waals surface area contributed by atoms with Crippen LogP contribution < -0.4 is 16.2 Å². The SMILES string of the molecule is CCOc1ccc(CC[C@H](N)CCN)cc1. The van der Waals surface area contributed by atoms with Crippen molar-refractivity contribution in [1.29, 1.82) is 0 Å². The third-order valence-corrected chi connectivity index (χ3v) is 2.58. The van der Waals surface area contributed by atoms with Gasteiger partial charge >= 0.3 is 0 Å². The molecule has 1 rings (SSSR count). The smallest absolute Gasteiger partial charge is 0.119 e. The van der Waals surface area contributed by atoms with Crippen molar-refractivity contribution in [3.05, 3.63) is 29.8 Å². The Balaban J connectivity index is 2.37. The van der Waals surface area contributed by atoms with E-state index in [9.17, 15) is 0 Å². The first-order chi connectivity index (χ1) is 7.76. The first-order valence-corrected chi connectivity index (χ1v) is 5.93. The fourth-order valence-electron chi connectivity index (χ4n) is 1.63. The second-order valence-electron chi connectivity index (χ2n) is 3.95. The molecule has 0 fully saturated rings. The fraction of sp³-hybridized carbons (Fsp3) is 0.538. The van der Waals surface area contributed by atoms with E-state index in [-0.39, 0.29) is 6.04 Å². The van der Waals surface area contributed by atoms with E-state index in [0.29, 0.717) is 13.2 Å². The molecule has 0 amide bonds. The highest BCUT2D eigenvalue weighted by Gasteiger charge is 2.02. The number of benzene rings is 1. The summed E-state index contributed by atoms with van der Waals surface area (Å²) in [6.45, 7) is 3.37. The number of nitrogens with two attached hydrogens (primary N) is 2. The van der Waals surface area contributed by atoms with E-state index >= 15 is 0 Å². The first kappa shape index (κ1) is 13.0. The molecule has 0 radical (unpaired) electrons. The van der Waals surface area contributed by atoms with Crippen LogP contribution in [0.15, 0.2) is 24.3 Å². The summed E-state index contributed by atoms with van der Waals surface area (Å²) in [5.41, 5.74) is 12.7. The lowest BCUT2D eigenvalue weighted by Crippen LogP contribution is -2.24. The Kier molecular flexibility index (Phi) is 5.90. The minimum atomic E-state index is 0.219. The van der Waals surface area contributed by atoms with Crippen LogP contribution >= 0.6 is 0 Å². The van der Waals surface area contributed by atoms with Crippen LogP contribution in [0.4, 0.5) is 0 Å². The zero-order chi connectivity index (χ0) is 11.8. The molecule has 3 heteroatoms. The van der Waals surface area contributed by atoms with Gasteiger partial charge < -0.3 is 16.2 Å². The van der Waals surface area contributed by atoms with Crippen molar-refractivity contribution in [3.63, 3.8) is 0 Å². The normalized spacial score (nSPS) is 12.4. The molecular formula is C13H22N2O. The summed E-state index contributed by atoms with van der Waals surface area (Å²) in [5, 5.41) is 0. The van der Waals surface area contributed by atoms with Crippen LogP contribution in [0, 0.1) is 0 Å². The fourth-order valence-corrected chi connectivity index (χ4v) is 1.63. The van der Waals surface area contributed by atoms with Gasteiger partial charge in [-0.05, 0) is 50.4 Å². The number of aryl methyl sites for hydroxylation is 1. The molecule has 0 aliphatic carbocycles. The van der Waals surface area contributed by atoms with Crippen molar-refractivity contribution in [2.75, 3.05) is 13.2 Å². The zero-order valence-electron chi connectivity index (χ0n) is 9.99. The molecule has 0 saturated heterocycles. The summed E-state index contributed by atoms with van der Waals surface area (Å²) in [7, 11) is 0. The lowest BCUT2D eigenvalue weighted by molar-refractivity contribution is 0.340. The van der Waals surface area contributed by atoms with Crippen LogP contribution in [0.3, 0.4) is 0 Å². The lowest BCUT2D eigenvalue weighted by Gasteiger charge is -2.10. The van der Waals surface area contributed by atoms with Gasteiger partial charge in [0.05, 0.1) is 6.61 Å². The maximum Gasteiger partial charge on any atom is 0.119 e. The van der Waals surface area contributed by atoms with Gasteiger partial charge in [-0.2, -0.15) is 0 Å². The van der Waals surface area contributed by atoms with Crippen LogP contribution in [0.2, 0.25) is 0 Å². The zero-order valence-corrected chi connectivity index (χ0v) is 9.99. The summed E-state index contributed by atoms with van der Waals surface area (Å²) in [6, 6.07) is 8.43. The van der Waals surface area contributed by atoms with Gasteiger partial charge in [0.15, 0.2) is 0 Å². The van der Waals surface area contributed by atoms with Crippen LogP contribution in [0.5, 0.6) is 5.75 Å². The summed E-state index contributed by atoms with van der Waals surface area (Å²) < 4.78 is 5.38. The number of rotatable bonds is 7. The van der Waals surface area contributed by atoms with E-state index in [1.54, 1.807) is 0 Å². The van der Waals surface area contributed by atoms with E-state index in [1.807, 2.05) is 19.1 Å². The van der Waals surface area contributed by atoms with E-state index in [4.69, 9.17) is 16.2 Å². The van der Waals surface area contributed by atoms with Gasteiger partial charge in [0.25, 0.3) is 0 Å². The average Bonchev–Trinajstić information content (AvgIpc) is 2.29. The van der Waals surface area contributed by atoms with E-state index in [0.717, 1.165) is 25.0 Å². The van der Waals surface area contributed by atoms with Crippen molar-refractivity contribution in [2.24, 2.45) is 11.5 Å². The van der Waals surface area contributed by atoms with Crippen molar-refractivity contribution in [1.82, 2.24) is 0 Å². The quantitative estimate of drug-likeness (QED) is 0.738. The molecule has 0 bridgehead atoms. The average molecular weight is 222 g/mol. The van der Waals surface area contributed by atoms with Gasteiger partial charge in [-0.25, -0.2) is 0 Å². The molecule has 90 valence electrons. The molecule has 3 nitrogen and oxygen atoms in total. The van der Waals surface area contributed by atoms with Gasteiger partial charge in [0.2, 0.25) is 0 Å². The lowest BCUT2D eigenvalue weighted by atomic mass is 10.0. The Morgan fingerprint density at radius 2 is 1.88 bits per heavy atom. The highest BCUT2D eigenvalue weighted by Crippen LogP contribution is 2.13. The summed E-state index contributed by atoms with van der Waals surface area (Å²) in [4.78, 5) is 0. The van der Waals surface area contributed by atoms with Gasteiger partial charge in [-0.15, -0.1) is 0 Å². The summed E-state index contributed by atoms with van der Waals surface area (Å²) in [5.74, 6) is 0.928. The third-order valence-electron chi connectivity index (χ3n) is 2.58. The van der Waals surface area contributed by atoms with Crippen molar-refractivity contribution < 1.29 is 4.74 Å². The molecule has 0 aliphatic heterocycles. The molecule has 16 heavy (non-hydrogen) atoms. The molecule has 0 saturated carbocycles. The number of ether oxygens (including phenoxy) is 1. The van der Waals surface area contributed by atoms with Crippen LogP contribution in [-0.2, 0) is 6.42 Å². The van der Waals surface area contributed by atoms with Gasteiger partial charge in [0, 0.05) is 6.04 Å². The molecule has 1 aromatic carbocycles. The third kappa shape index (κ3) is 4.64. The van der Waals surface area contributed by atoms with E-state index < -0.39 is 0 Å². The predicted molar refractivity (Wildman–Crippen MR) is 67.6 cm³/mol. The Bertz CT molecular complexity index is 284. The van der Waals surface area contributed by atoms with E-state index in [1.165, 1.54) is 5.56 Å². The maximum absolute atomic E-state index is 5.90. The van der Waals surface area contributed by atoms with Crippen molar-refractivity contribution in [2.45, 2.75) is 32.2 Å². The molecule has 0 aliphatic rings. The molecule has 1 aromatic rings. The minimum Gasteiger partial charge on any atom is -0.494 e. The summed E-state index contributed by atoms with van der Waals surface area (Å²) >= 11 is 0. The highest BCUT2D eigenvalue weighted by molar-refractivity contribution is 5.27. The number of hydrogen-bond acceptors (Lipinski definition) is 3. The largest absolute Gasteiger partial charge is 0.494 e. The van der Waals surface area contributed by atoms with Crippen LogP contribution in [0.1, 0.15) is 25.3 Å². The second-order valence-corrected chi connectivity index (χ2v) is 3.95. The van der Waals surface area contributed by atoms with Crippen molar-refractivity contribution >= 4 is 0 Å². The van der Waals surface area contributed by atoms with Crippen LogP contribution in [-0.4, -0.2) is 19.2 Å². The van der Waals surface area contributed by atoms with Gasteiger partial charge in [-0.3, -0.25) is 0 Å². The van der Waals surface area contributed by atoms with E-state index in [2.05, 4.69) is 12.1 Å². The van der Waals surface area contributed by atoms with Gasteiger partial charge in [0.1, 0.15) is 5.75 Å². The highest BCUT2D eigenvalue weighted by atomic mass is 16.5. The Morgan fingerprint density at radius 3 is 2.44 bits per heavy atom. The Labute approximate surface area is 97.8 Å².